The Bertz CT molecular complexity index is 412. The molecule has 3 heteroatoms. The van der Waals surface area contributed by atoms with Crippen molar-refractivity contribution in [3.63, 3.8) is 0 Å². The lowest BCUT2D eigenvalue weighted by Crippen LogP contribution is -2.33. The van der Waals surface area contributed by atoms with E-state index in [4.69, 9.17) is 10.5 Å². The Labute approximate surface area is 88.5 Å². The van der Waals surface area contributed by atoms with Gasteiger partial charge in [-0.3, -0.25) is 0 Å². The fourth-order valence-corrected chi connectivity index (χ4v) is 1.43. The van der Waals surface area contributed by atoms with Crippen molar-refractivity contribution in [2.75, 3.05) is 5.73 Å². The molecule has 0 saturated heterocycles. The van der Waals surface area contributed by atoms with E-state index in [1.54, 1.807) is 24.3 Å². The Hall–Kier alpha value is -1.74. The predicted octanol–water partition coefficient (Wildman–Crippen LogP) is 1.85. The molecule has 2 rings (SSSR count). The van der Waals surface area contributed by atoms with Crippen LogP contribution in [0.2, 0.25) is 0 Å². The molecule has 0 spiro atoms. The fraction of sp³-hybridized carbons (Fsp3) is 0.167. The first kappa shape index (κ1) is 9.80. The number of hydrogen-bond acceptors (Lipinski definition) is 3. The van der Waals surface area contributed by atoms with Crippen molar-refractivity contribution in [2.24, 2.45) is 0 Å². The van der Waals surface area contributed by atoms with Crippen molar-refractivity contribution in [1.82, 2.24) is 0 Å². The Balaban J connectivity index is 2.18. The van der Waals surface area contributed by atoms with E-state index < -0.39 is 5.79 Å². The largest absolute Gasteiger partial charge is 0.456 e. The van der Waals surface area contributed by atoms with Gasteiger partial charge in [-0.15, -0.1) is 0 Å². The number of para-hydroxylation sites is 2. The third-order valence-electron chi connectivity index (χ3n) is 2.22. The number of allylic oxidation sites excluding steroid dienone is 2. The predicted molar refractivity (Wildman–Crippen MR) is 59.3 cm³/mol. The zero-order valence-corrected chi connectivity index (χ0v) is 8.26. The molecule has 0 aliphatic heterocycles. The van der Waals surface area contributed by atoms with E-state index in [-0.39, 0.29) is 0 Å². The zero-order valence-electron chi connectivity index (χ0n) is 8.26. The summed E-state index contributed by atoms with van der Waals surface area (Å²) in [7, 11) is 0. The molecule has 0 aromatic heterocycles. The molecule has 0 fully saturated rings. The number of rotatable bonds is 2. The molecule has 0 radical (unpaired) electrons. The van der Waals surface area contributed by atoms with Gasteiger partial charge < -0.3 is 15.6 Å². The summed E-state index contributed by atoms with van der Waals surface area (Å²) in [6.07, 6.45) is 7.51. The lowest BCUT2D eigenvalue weighted by molar-refractivity contribution is -0.0914. The van der Waals surface area contributed by atoms with Crippen LogP contribution in [0.3, 0.4) is 0 Å². The van der Waals surface area contributed by atoms with Crippen molar-refractivity contribution in [1.29, 1.82) is 0 Å². The van der Waals surface area contributed by atoms with Crippen LogP contribution in [-0.2, 0) is 0 Å². The quantitative estimate of drug-likeness (QED) is 0.569. The average Bonchev–Trinajstić information content (AvgIpc) is 2.22. The highest BCUT2D eigenvalue weighted by atomic mass is 16.6. The number of nitrogens with two attached hydrogens (primary N) is 1. The van der Waals surface area contributed by atoms with Crippen LogP contribution in [0.15, 0.2) is 48.6 Å². The summed E-state index contributed by atoms with van der Waals surface area (Å²) in [4.78, 5) is 0. The molecule has 3 N–H and O–H groups in total. The summed E-state index contributed by atoms with van der Waals surface area (Å²) in [5.41, 5.74) is 6.24. The highest BCUT2D eigenvalue weighted by Gasteiger charge is 2.26. The third kappa shape index (κ3) is 2.19. The summed E-state index contributed by atoms with van der Waals surface area (Å²) in [5.74, 6) is -0.774. The zero-order chi connectivity index (χ0) is 10.7. The van der Waals surface area contributed by atoms with Crippen LogP contribution >= 0.6 is 0 Å². The van der Waals surface area contributed by atoms with E-state index in [9.17, 15) is 5.11 Å². The molecule has 0 saturated carbocycles. The minimum absolute atomic E-state index is 0.428. The Morgan fingerprint density at radius 2 is 2.07 bits per heavy atom. The number of anilines is 1. The minimum Gasteiger partial charge on any atom is -0.456 e. The first-order valence-electron chi connectivity index (χ1n) is 4.80. The van der Waals surface area contributed by atoms with Crippen molar-refractivity contribution in [3.05, 3.63) is 48.6 Å². The maximum Gasteiger partial charge on any atom is 0.231 e. The van der Waals surface area contributed by atoms with Crippen molar-refractivity contribution >= 4 is 5.69 Å². The molecule has 78 valence electrons. The maximum atomic E-state index is 10.0. The molecule has 1 aliphatic rings. The average molecular weight is 203 g/mol. The lowest BCUT2D eigenvalue weighted by atomic mass is 10.1. The van der Waals surface area contributed by atoms with Gasteiger partial charge in [0, 0.05) is 6.42 Å². The second-order valence-corrected chi connectivity index (χ2v) is 3.48. The van der Waals surface area contributed by atoms with E-state index >= 15 is 0 Å². The molecule has 0 amide bonds. The monoisotopic (exact) mass is 203 g/mol. The summed E-state index contributed by atoms with van der Waals surface area (Å²) >= 11 is 0. The van der Waals surface area contributed by atoms with Crippen LogP contribution in [0.4, 0.5) is 5.69 Å². The van der Waals surface area contributed by atoms with Crippen molar-refractivity contribution in [3.8, 4) is 5.75 Å². The first-order valence-corrected chi connectivity index (χ1v) is 4.80. The third-order valence-corrected chi connectivity index (χ3v) is 2.22. The van der Waals surface area contributed by atoms with Crippen LogP contribution in [0.1, 0.15) is 6.42 Å². The Morgan fingerprint density at radius 1 is 1.27 bits per heavy atom. The topological polar surface area (TPSA) is 55.5 Å². The van der Waals surface area contributed by atoms with Crippen LogP contribution in [0.25, 0.3) is 0 Å². The molecule has 0 heterocycles. The van der Waals surface area contributed by atoms with E-state index in [1.165, 1.54) is 0 Å². The van der Waals surface area contributed by atoms with Crippen LogP contribution in [0.5, 0.6) is 5.75 Å². The van der Waals surface area contributed by atoms with Gasteiger partial charge in [-0.25, -0.2) is 0 Å². The summed E-state index contributed by atoms with van der Waals surface area (Å²) in [6.45, 7) is 0. The van der Waals surface area contributed by atoms with Crippen LogP contribution < -0.4 is 10.5 Å². The molecule has 0 bridgehead atoms. The highest BCUT2D eigenvalue weighted by molar-refractivity contribution is 5.52. The molecule has 1 atom stereocenters. The number of ether oxygens (including phenoxy) is 1. The summed E-state index contributed by atoms with van der Waals surface area (Å²) < 4.78 is 5.47. The fourth-order valence-electron chi connectivity index (χ4n) is 1.43. The van der Waals surface area contributed by atoms with Crippen LogP contribution in [-0.4, -0.2) is 10.9 Å². The van der Waals surface area contributed by atoms with Gasteiger partial charge in [0.25, 0.3) is 0 Å². The molecule has 1 aromatic rings. The Morgan fingerprint density at radius 3 is 2.73 bits per heavy atom. The van der Waals surface area contributed by atoms with E-state index in [1.807, 2.05) is 24.3 Å². The number of hydrogen-bond donors (Lipinski definition) is 2. The lowest BCUT2D eigenvalue weighted by Gasteiger charge is -2.26. The molecule has 3 nitrogen and oxygen atoms in total. The van der Waals surface area contributed by atoms with E-state index in [0.29, 0.717) is 17.9 Å². The number of aliphatic hydroxyl groups is 1. The second kappa shape index (κ2) is 3.79. The molecular formula is C12H13NO2. The molecular weight excluding hydrogens is 190 g/mol. The van der Waals surface area contributed by atoms with Crippen LogP contribution in [0, 0.1) is 0 Å². The maximum absolute atomic E-state index is 10.0. The van der Waals surface area contributed by atoms with Gasteiger partial charge in [-0.05, 0) is 18.2 Å². The number of benzene rings is 1. The SMILES string of the molecule is Nc1ccccc1OC1(O)C=CC=CC1. The summed E-state index contributed by atoms with van der Waals surface area (Å²) in [5, 5.41) is 10.0. The van der Waals surface area contributed by atoms with Gasteiger partial charge in [0.2, 0.25) is 5.79 Å². The Kier molecular flexibility index (Phi) is 2.47. The molecule has 1 aromatic carbocycles. The second-order valence-electron chi connectivity index (χ2n) is 3.48. The standard InChI is InChI=1S/C12H13NO2/c13-10-6-2-3-7-11(10)15-12(14)8-4-1-5-9-12/h1-8,14H,9,13H2. The first-order chi connectivity index (χ1) is 7.20. The smallest absolute Gasteiger partial charge is 0.231 e. The molecule has 15 heavy (non-hydrogen) atoms. The normalized spacial score (nSPS) is 24.1. The van der Waals surface area contributed by atoms with Gasteiger partial charge >= 0.3 is 0 Å². The molecule has 1 unspecified atom stereocenters. The van der Waals surface area contributed by atoms with Crippen molar-refractivity contribution in [2.45, 2.75) is 12.2 Å². The van der Waals surface area contributed by atoms with E-state index in [2.05, 4.69) is 0 Å². The van der Waals surface area contributed by atoms with Crippen molar-refractivity contribution < 1.29 is 9.84 Å². The molecule has 1 aliphatic carbocycles. The van der Waals surface area contributed by atoms with Gasteiger partial charge in [0.15, 0.2) is 0 Å². The van der Waals surface area contributed by atoms with Gasteiger partial charge in [-0.2, -0.15) is 0 Å². The number of nitrogen functional groups attached to an aromatic ring is 1. The van der Waals surface area contributed by atoms with Gasteiger partial charge in [0.1, 0.15) is 5.75 Å². The van der Waals surface area contributed by atoms with Gasteiger partial charge in [0.05, 0.1) is 5.69 Å². The summed E-state index contributed by atoms with van der Waals surface area (Å²) in [6, 6.07) is 7.11. The van der Waals surface area contributed by atoms with Gasteiger partial charge in [-0.1, -0.05) is 30.4 Å². The highest BCUT2D eigenvalue weighted by Crippen LogP contribution is 2.27. The minimum atomic E-state index is -1.27. The van der Waals surface area contributed by atoms with E-state index in [0.717, 1.165) is 0 Å².